The van der Waals surface area contributed by atoms with Crippen LogP contribution in [0, 0.1) is 6.92 Å². The topological polar surface area (TPSA) is 80.3 Å². The molecule has 188 valence electrons. The van der Waals surface area contributed by atoms with E-state index in [2.05, 4.69) is 37.4 Å². The maximum atomic E-state index is 11.7. The van der Waals surface area contributed by atoms with Crippen LogP contribution in [0.4, 0.5) is 0 Å². The summed E-state index contributed by atoms with van der Waals surface area (Å²) in [5.74, 6) is -0.198. The van der Waals surface area contributed by atoms with Gasteiger partial charge in [0.2, 0.25) is 0 Å². The Kier molecular flexibility index (Phi) is 11.7. The van der Waals surface area contributed by atoms with Crippen molar-refractivity contribution in [1.82, 2.24) is 0 Å². The van der Waals surface area contributed by atoms with Gasteiger partial charge in [0, 0.05) is 14.2 Å². The van der Waals surface area contributed by atoms with Gasteiger partial charge in [-0.2, -0.15) is 0 Å². The third-order valence-electron chi connectivity index (χ3n) is 5.11. The van der Waals surface area contributed by atoms with Crippen LogP contribution in [0.25, 0.3) is 11.1 Å². The molecule has 0 bridgehead atoms. The van der Waals surface area contributed by atoms with Gasteiger partial charge in [0.05, 0.1) is 31.0 Å². The third kappa shape index (κ3) is 9.39. The van der Waals surface area contributed by atoms with Crippen LogP contribution in [-0.2, 0) is 35.0 Å². The summed E-state index contributed by atoms with van der Waals surface area (Å²) in [6.07, 6.45) is 1.53. The first-order valence-corrected chi connectivity index (χ1v) is 11.4. The van der Waals surface area contributed by atoms with Crippen LogP contribution >= 0.6 is 0 Å². The lowest BCUT2D eigenvalue weighted by atomic mass is 9.98. The molecule has 0 spiro atoms. The van der Waals surface area contributed by atoms with Gasteiger partial charge in [0.25, 0.3) is 0 Å². The summed E-state index contributed by atoms with van der Waals surface area (Å²) >= 11 is 0. The van der Waals surface area contributed by atoms with E-state index in [1.807, 2.05) is 25.1 Å². The molecule has 0 amide bonds. The monoisotopic (exact) mass is 482 g/mol. The highest BCUT2D eigenvalue weighted by atomic mass is 16.6. The number of hydrogen-bond acceptors (Lipinski definition) is 7. The molecule has 2 aromatic carbocycles. The van der Waals surface area contributed by atoms with Gasteiger partial charge in [0.1, 0.15) is 19.0 Å². The van der Waals surface area contributed by atoms with E-state index in [0.717, 1.165) is 29.5 Å². The van der Waals surface area contributed by atoms with Crippen molar-refractivity contribution in [2.24, 2.45) is 0 Å². The third-order valence-corrected chi connectivity index (χ3v) is 5.11. The van der Waals surface area contributed by atoms with E-state index in [0.29, 0.717) is 17.9 Å². The molecule has 0 aliphatic carbocycles. The van der Waals surface area contributed by atoms with E-state index in [4.69, 9.17) is 23.7 Å². The number of esters is 2. The molecule has 0 aliphatic heterocycles. The average molecular weight is 483 g/mol. The Hall–Kier alpha value is -3.42. The summed E-state index contributed by atoms with van der Waals surface area (Å²) in [5, 5.41) is 0. The maximum Gasteiger partial charge on any atom is 0.335 e. The molecule has 7 heteroatoms. The molecule has 0 aromatic heterocycles. The molecular weight excluding hydrogens is 448 g/mol. The van der Waals surface area contributed by atoms with Crippen LogP contribution in [0.5, 0.6) is 5.75 Å². The Bertz CT molecular complexity index is 1010. The Morgan fingerprint density at radius 3 is 1.97 bits per heavy atom. The summed E-state index contributed by atoms with van der Waals surface area (Å²) in [4.78, 5) is 23.4. The van der Waals surface area contributed by atoms with Crippen LogP contribution in [0.3, 0.4) is 0 Å². The van der Waals surface area contributed by atoms with Crippen LogP contribution in [0.1, 0.15) is 17.5 Å². The largest absolute Gasteiger partial charge is 0.490 e. The van der Waals surface area contributed by atoms with E-state index in [-0.39, 0.29) is 32.0 Å². The van der Waals surface area contributed by atoms with Crippen LogP contribution in [-0.4, -0.2) is 59.2 Å². The fourth-order valence-corrected chi connectivity index (χ4v) is 3.31. The zero-order valence-electron chi connectivity index (χ0n) is 20.8. The molecule has 35 heavy (non-hydrogen) atoms. The van der Waals surface area contributed by atoms with E-state index in [9.17, 15) is 9.59 Å². The summed E-state index contributed by atoms with van der Waals surface area (Å²) < 4.78 is 25.7. The van der Waals surface area contributed by atoms with Gasteiger partial charge in [0.15, 0.2) is 0 Å². The predicted octanol–water partition coefficient (Wildman–Crippen LogP) is 4.47. The van der Waals surface area contributed by atoms with Crippen LogP contribution in [0.2, 0.25) is 0 Å². The van der Waals surface area contributed by atoms with Gasteiger partial charge < -0.3 is 23.7 Å². The molecule has 0 fully saturated rings. The van der Waals surface area contributed by atoms with Gasteiger partial charge in [-0.25, -0.2) is 9.59 Å². The summed E-state index contributed by atoms with van der Waals surface area (Å²) in [5.41, 5.74) is 5.04. The molecule has 7 nitrogen and oxygen atoms in total. The second-order valence-corrected chi connectivity index (χ2v) is 7.97. The fourth-order valence-electron chi connectivity index (χ4n) is 3.31. The van der Waals surface area contributed by atoms with E-state index >= 15 is 0 Å². The highest BCUT2D eigenvalue weighted by molar-refractivity contribution is 5.88. The van der Waals surface area contributed by atoms with Crippen molar-refractivity contribution in [3.63, 3.8) is 0 Å². The SMILES string of the molecule is C=C(COC)C(=O)OCCCc1ccc(-c2ccc(OCCOC(=O)C(=C)COC)cc2C)cc1. The molecule has 0 aliphatic rings. The number of aryl methyl sites for hydroxylation is 2. The van der Waals surface area contributed by atoms with Crippen LogP contribution in [0.15, 0.2) is 66.8 Å². The molecule has 0 unspecified atom stereocenters. The van der Waals surface area contributed by atoms with Gasteiger partial charge in [-0.05, 0) is 54.2 Å². The van der Waals surface area contributed by atoms with Gasteiger partial charge in [-0.1, -0.05) is 43.5 Å². The minimum Gasteiger partial charge on any atom is -0.490 e. The van der Waals surface area contributed by atoms with Crippen molar-refractivity contribution in [2.45, 2.75) is 19.8 Å². The lowest BCUT2D eigenvalue weighted by molar-refractivity contribution is -0.140. The molecule has 2 aromatic rings. The zero-order chi connectivity index (χ0) is 25.6. The number of benzene rings is 2. The molecule has 0 N–H and O–H groups in total. The fraction of sp³-hybridized carbons (Fsp3) is 0.357. The van der Waals surface area contributed by atoms with Crippen molar-refractivity contribution >= 4 is 11.9 Å². The molecule has 0 radical (unpaired) electrons. The second-order valence-electron chi connectivity index (χ2n) is 7.97. The lowest BCUT2D eigenvalue weighted by Crippen LogP contribution is -2.15. The van der Waals surface area contributed by atoms with Crippen molar-refractivity contribution in [2.75, 3.05) is 47.3 Å². The molecule has 0 saturated heterocycles. The van der Waals surface area contributed by atoms with Crippen molar-refractivity contribution < 1.29 is 33.3 Å². The highest BCUT2D eigenvalue weighted by Gasteiger charge is 2.09. The minimum absolute atomic E-state index is 0.130. The molecule has 0 heterocycles. The first-order chi connectivity index (χ1) is 16.8. The molecule has 0 saturated carbocycles. The first-order valence-electron chi connectivity index (χ1n) is 11.4. The summed E-state index contributed by atoms with van der Waals surface area (Å²) in [6.45, 7) is 10.3. The molecule has 2 rings (SSSR count). The number of hydrogen-bond donors (Lipinski definition) is 0. The minimum atomic E-state index is -0.487. The summed E-state index contributed by atoms with van der Waals surface area (Å²) in [7, 11) is 3.00. The van der Waals surface area contributed by atoms with Gasteiger partial charge in [-0.3, -0.25) is 0 Å². The van der Waals surface area contributed by atoms with Crippen molar-refractivity contribution in [1.29, 1.82) is 0 Å². The standard InChI is InChI=1S/C28H34O7/c1-20-17-25(33-15-16-35-28(30)22(3)19-32-5)12-13-26(20)24-10-8-23(9-11-24)7-6-14-34-27(29)21(2)18-31-4/h8-13,17H,2-3,6-7,14-16,18-19H2,1,4-5H3. The first kappa shape index (κ1) is 27.8. The number of methoxy groups -OCH3 is 2. The zero-order valence-corrected chi connectivity index (χ0v) is 20.8. The Labute approximate surface area is 207 Å². The number of carbonyl (C=O) groups excluding carboxylic acids is 2. The number of carbonyl (C=O) groups is 2. The molecule has 0 atom stereocenters. The average Bonchev–Trinajstić information content (AvgIpc) is 2.85. The van der Waals surface area contributed by atoms with Crippen LogP contribution < -0.4 is 4.74 Å². The van der Waals surface area contributed by atoms with Crippen molar-refractivity contribution in [3.8, 4) is 16.9 Å². The van der Waals surface area contributed by atoms with E-state index in [1.54, 1.807) is 0 Å². The van der Waals surface area contributed by atoms with E-state index in [1.165, 1.54) is 19.8 Å². The number of rotatable bonds is 15. The maximum absolute atomic E-state index is 11.7. The second kappa shape index (κ2) is 14.8. The Morgan fingerprint density at radius 1 is 0.800 bits per heavy atom. The smallest absolute Gasteiger partial charge is 0.335 e. The predicted molar refractivity (Wildman–Crippen MR) is 134 cm³/mol. The quantitative estimate of drug-likeness (QED) is 0.211. The molecular formula is C28H34O7. The van der Waals surface area contributed by atoms with E-state index < -0.39 is 11.9 Å². The van der Waals surface area contributed by atoms with Crippen molar-refractivity contribution in [3.05, 3.63) is 77.9 Å². The number of ether oxygens (including phenoxy) is 5. The summed E-state index contributed by atoms with van der Waals surface area (Å²) in [6, 6.07) is 14.2. The highest BCUT2D eigenvalue weighted by Crippen LogP contribution is 2.27. The Balaban J connectivity index is 1.80. The normalized spacial score (nSPS) is 10.5. The Morgan fingerprint density at radius 2 is 1.40 bits per heavy atom. The van der Waals surface area contributed by atoms with Gasteiger partial charge in [-0.15, -0.1) is 0 Å². The lowest BCUT2D eigenvalue weighted by Gasteiger charge is -2.12. The van der Waals surface area contributed by atoms with Gasteiger partial charge >= 0.3 is 11.9 Å².